The molecule has 3 aliphatic rings. The molecular formula is C19H19N5O5. The normalized spacial score (nSPS) is 26.7. The van der Waals surface area contributed by atoms with Crippen LogP contribution in [-0.4, -0.2) is 62.0 Å². The maximum absolute atomic E-state index is 12.9. The number of carbonyl (C=O) groups is 3. The Labute approximate surface area is 165 Å². The Morgan fingerprint density at radius 3 is 2.90 bits per heavy atom. The number of aromatic nitrogens is 3. The molecule has 0 bridgehead atoms. The molecule has 10 nitrogen and oxygen atoms in total. The molecular weight excluding hydrogens is 378 g/mol. The van der Waals surface area contributed by atoms with Gasteiger partial charge in [0.15, 0.2) is 0 Å². The van der Waals surface area contributed by atoms with Gasteiger partial charge in [0.25, 0.3) is 5.91 Å². The van der Waals surface area contributed by atoms with E-state index in [1.165, 1.54) is 9.58 Å². The monoisotopic (exact) mass is 397 g/mol. The van der Waals surface area contributed by atoms with Gasteiger partial charge in [-0.1, -0.05) is 11.3 Å². The van der Waals surface area contributed by atoms with Gasteiger partial charge in [0.05, 0.1) is 18.5 Å². The zero-order chi connectivity index (χ0) is 20.2. The third kappa shape index (κ3) is 2.91. The number of aliphatic hydroxyl groups is 1. The average Bonchev–Trinajstić information content (AvgIpc) is 3.42. The molecule has 1 aromatic heterocycles. The average molecular weight is 397 g/mol. The maximum atomic E-state index is 12.9. The van der Waals surface area contributed by atoms with Gasteiger partial charge >= 0.3 is 0 Å². The fraction of sp³-hybridized carbons (Fsp3) is 0.421. The minimum atomic E-state index is -1.15. The number of hydrogen-bond acceptors (Lipinski definition) is 7. The zero-order valence-electron chi connectivity index (χ0n) is 15.5. The summed E-state index contributed by atoms with van der Waals surface area (Å²) >= 11 is 0. The molecule has 3 aliphatic heterocycles. The highest BCUT2D eigenvalue weighted by Gasteiger charge is 2.40. The molecule has 5 rings (SSSR count). The first kappa shape index (κ1) is 18.0. The van der Waals surface area contributed by atoms with Crippen LogP contribution in [0.1, 0.15) is 40.9 Å². The smallest absolute Gasteiger partial charge is 0.255 e. The van der Waals surface area contributed by atoms with E-state index in [1.807, 2.05) is 12.1 Å². The molecule has 1 aromatic carbocycles. The van der Waals surface area contributed by atoms with Crippen LogP contribution in [0.3, 0.4) is 0 Å². The number of hydrogen-bond donors (Lipinski definition) is 2. The van der Waals surface area contributed by atoms with Crippen molar-refractivity contribution in [2.45, 2.75) is 37.5 Å². The Hall–Kier alpha value is -3.11. The van der Waals surface area contributed by atoms with Crippen molar-refractivity contribution in [3.63, 3.8) is 0 Å². The lowest BCUT2D eigenvalue weighted by atomic mass is 10.0. The maximum Gasteiger partial charge on any atom is 0.255 e. The van der Waals surface area contributed by atoms with E-state index in [-0.39, 0.29) is 24.8 Å². The second kappa shape index (κ2) is 6.46. The molecule has 4 heterocycles. The summed E-state index contributed by atoms with van der Waals surface area (Å²) in [5, 5.41) is 21.0. The Morgan fingerprint density at radius 1 is 1.28 bits per heavy atom. The fourth-order valence-electron chi connectivity index (χ4n) is 4.04. The highest BCUT2D eigenvalue weighted by atomic mass is 16.5. The molecule has 2 atom stereocenters. The lowest BCUT2D eigenvalue weighted by molar-refractivity contribution is -0.136. The van der Waals surface area contributed by atoms with Crippen molar-refractivity contribution < 1.29 is 24.2 Å². The highest BCUT2D eigenvalue weighted by Crippen LogP contribution is 2.31. The first-order chi connectivity index (χ1) is 13.9. The van der Waals surface area contributed by atoms with Crippen LogP contribution < -0.4 is 5.32 Å². The van der Waals surface area contributed by atoms with Crippen LogP contribution in [0, 0.1) is 0 Å². The molecule has 29 heavy (non-hydrogen) atoms. The summed E-state index contributed by atoms with van der Waals surface area (Å²) in [6.45, 7) is 0.961. The number of piperidine rings is 1. The second-order valence-corrected chi connectivity index (χ2v) is 7.62. The third-order valence-electron chi connectivity index (χ3n) is 5.75. The molecule has 0 radical (unpaired) electrons. The number of carbonyl (C=O) groups excluding carboxylic acids is 3. The third-order valence-corrected chi connectivity index (χ3v) is 5.75. The number of rotatable bonds is 3. The molecule has 3 amide bonds. The topological polar surface area (TPSA) is 127 Å². The first-order valence-electron chi connectivity index (χ1n) is 9.45. The minimum absolute atomic E-state index is 0.176. The number of imide groups is 1. The lowest BCUT2D eigenvalue weighted by Crippen LogP contribution is -2.52. The number of nitrogens with zero attached hydrogens (tertiary/aromatic N) is 4. The van der Waals surface area contributed by atoms with Crippen molar-refractivity contribution in [1.82, 2.24) is 25.2 Å². The molecule has 0 saturated carbocycles. The van der Waals surface area contributed by atoms with Crippen LogP contribution in [-0.2, 0) is 26.5 Å². The van der Waals surface area contributed by atoms with Crippen LogP contribution in [0.15, 0.2) is 24.4 Å². The van der Waals surface area contributed by atoms with Gasteiger partial charge in [-0.2, -0.15) is 0 Å². The molecule has 150 valence electrons. The van der Waals surface area contributed by atoms with Crippen molar-refractivity contribution in [3.05, 3.63) is 41.2 Å². The lowest BCUT2D eigenvalue weighted by Gasteiger charge is -2.29. The van der Waals surface area contributed by atoms with Crippen LogP contribution in [0.5, 0.6) is 0 Å². The standard InChI is InChI=1S/C19H19N5O5/c25-16-4-3-14(17(26)20-16)23-8-11-1-2-12(7-13(11)18(23)27)24-9-15(21-22-24)19(28)5-6-29-10-19/h1-2,7,9,14,28H,3-6,8,10H2,(H,20,25,26). The van der Waals surface area contributed by atoms with E-state index in [4.69, 9.17) is 4.74 Å². The Morgan fingerprint density at radius 2 is 2.14 bits per heavy atom. The summed E-state index contributed by atoms with van der Waals surface area (Å²) in [6, 6.07) is 4.69. The van der Waals surface area contributed by atoms with Gasteiger partial charge in [-0.25, -0.2) is 4.68 Å². The summed E-state index contributed by atoms with van der Waals surface area (Å²) in [6.07, 6.45) is 2.63. The molecule has 2 unspecified atom stereocenters. The van der Waals surface area contributed by atoms with Gasteiger partial charge in [0.2, 0.25) is 11.8 Å². The minimum Gasteiger partial charge on any atom is -0.381 e. The van der Waals surface area contributed by atoms with Crippen molar-refractivity contribution in [2.75, 3.05) is 13.2 Å². The second-order valence-electron chi connectivity index (χ2n) is 7.62. The van der Waals surface area contributed by atoms with E-state index >= 15 is 0 Å². The predicted molar refractivity (Wildman–Crippen MR) is 96.7 cm³/mol. The largest absolute Gasteiger partial charge is 0.381 e. The number of benzene rings is 1. The van der Waals surface area contributed by atoms with Gasteiger partial charge in [-0.15, -0.1) is 5.10 Å². The molecule has 10 heteroatoms. The summed E-state index contributed by atoms with van der Waals surface area (Å²) in [7, 11) is 0. The van der Waals surface area contributed by atoms with Crippen molar-refractivity contribution in [3.8, 4) is 5.69 Å². The van der Waals surface area contributed by atoms with E-state index in [1.54, 1.807) is 12.3 Å². The van der Waals surface area contributed by atoms with Crippen LogP contribution in [0.4, 0.5) is 0 Å². The van der Waals surface area contributed by atoms with Crippen LogP contribution in [0.2, 0.25) is 0 Å². The number of amides is 3. The fourth-order valence-corrected chi connectivity index (χ4v) is 4.04. The first-order valence-corrected chi connectivity index (χ1v) is 9.45. The van der Waals surface area contributed by atoms with Gasteiger partial charge in [-0.05, 0) is 24.1 Å². The SMILES string of the molecule is O=C1CCC(N2Cc3ccc(-n4cc(C5(O)CCOC5)nn4)cc3C2=O)C(=O)N1. The molecule has 2 N–H and O–H groups in total. The summed E-state index contributed by atoms with van der Waals surface area (Å²) in [4.78, 5) is 38.0. The summed E-state index contributed by atoms with van der Waals surface area (Å²) < 4.78 is 6.77. The van der Waals surface area contributed by atoms with E-state index < -0.39 is 17.6 Å². The predicted octanol–water partition coefficient (Wildman–Crippen LogP) is -0.364. The van der Waals surface area contributed by atoms with Crippen LogP contribution >= 0.6 is 0 Å². The zero-order valence-corrected chi connectivity index (χ0v) is 15.5. The quantitative estimate of drug-likeness (QED) is 0.677. The van der Waals surface area contributed by atoms with E-state index in [0.29, 0.717) is 42.9 Å². The molecule has 2 saturated heterocycles. The molecule has 2 aromatic rings. The number of fused-ring (bicyclic) bond motifs is 1. The van der Waals surface area contributed by atoms with Gasteiger partial charge in [0.1, 0.15) is 17.3 Å². The number of ether oxygens (including phenoxy) is 1. The van der Waals surface area contributed by atoms with Crippen LogP contribution in [0.25, 0.3) is 5.69 Å². The number of nitrogens with one attached hydrogen (secondary N) is 1. The van der Waals surface area contributed by atoms with Crippen molar-refractivity contribution in [1.29, 1.82) is 0 Å². The van der Waals surface area contributed by atoms with E-state index in [0.717, 1.165) is 5.56 Å². The van der Waals surface area contributed by atoms with Crippen molar-refractivity contribution in [2.24, 2.45) is 0 Å². The van der Waals surface area contributed by atoms with E-state index in [9.17, 15) is 19.5 Å². The van der Waals surface area contributed by atoms with Gasteiger partial charge < -0.3 is 14.7 Å². The molecule has 2 fully saturated rings. The van der Waals surface area contributed by atoms with Gasteiger partial charge in [0, 0.05) is 31.6 Å². The van der Waals surface area contributed by atoms with Gasteiger partial charge in [-0.3, -0.25) is 19.7 Å². The Balaban J connectivity index is 1.40. The van der Waals surface area contributed by atoms with Crippen molar-refractivity contribution >= 4 is 17.7 Å². The Bertz CT molecular complexity index is 1030. The Kier molecular flexibility index (Phi) is 4.00. The van der Waals surface area contributed by atoms with E-state index in [2.05, 4.69) is 15.6 Å². The molecule has 0 spiro atoms. The molecule has 0 aliphatic carbocycles. The summed E-state index contributed by atoms with van der Waals surface area (Å²) in [5.41, 5.74) is 1.21. The highest BCUT2D eigenvalue weighted by molar-refractivity contribution is 6.05. The summed E-state index contributed by atoms with van der Waals surface area (Å²) in [5.74, 6) is -0.996.